The molecule has 4 fully saturated rings. The van der Waals surface area contributed by atoms with Crippen LogP contribution in [0.4, 0.5) is 0 Å². The molecule has 2 heterocycles. The number of hydrogen-bond donors (Lipinski definition) is 1. The largest absolute Gasteiger partial charge is 0.376 e. The molecule has 2 saturated heterocycles. The summed E-state index contributed by atoms with van der Waals surface area (Å²) in [6.45, 7) is 1.99. The molecule has 4 aliphatic rings. The lowest BCUT2D eigenvalue weighted by Gasteiger charge is -2.25. The van der Waals surface area contributed by atoms with Gasteiger partial charge in [-0.1, -0.05) is 12.8 Å². The summed E-state index contributed by atoms with van der Waals surface area (Å²) >= 11 is 0. The molecule has 3 atom stereocenters. The van der Waals surface area contributed by atoms with Crippen molar-refractivity contribution in [3.63, 3.8) is 0 Å². The molecule has 0 aromatic heterocycles. The molecular weight excluding hydrogens is 238 g/mol. The van der Waals surface area contributed by atoms with Crippen molar-refractivity contribution in [3.8, 4) is 0 Å². The van der Waals surface area contributed by atoms with Gasteiger partial charge in [-0.2, -0.15) is 0 Å². The summed E-state index contributed by atoms with van der Waals surface area (Å²) in [6.07, 6.45) is 12.8. The molecule has 1 N–H and O–H groups in total. The Balaban J connectivity index is 1.26. The first-order valence-corrected chi connectivity index (χ1v) is 8.38. The zero-order valence-corrected chi connectivity index (χ0v) is 11.9. The van der Waals surface area contributed by atoms with Gasteiger partial charge >= 0.3 is 0 Å². The van der Waals surface area contributed by atoms with Crippen LogP contribution in [0.15, 0.2) is 0 Å². The van der Waals surface area contributed by atoms with E-state index in [9.17, 15) is 0 Å². The Hall–Kier alpha value is -0.120. The maximum absolute atomic E-state index is 6.38. The summed E-state index contributed by atoms with van der Waals surface area (Å²) in [5, 5.41) is 3.75. The van der Waals surface area contributed by atoms with Crippen LogP contribution < -0.4 is 5.32 Å². The number of ether oxygens (including phenoxy) is 2. The van der Waals surface area contributed by atoms with Gasteiger partial charge in [0.05, 0.1) is 17.8 Å². The Morgan fingerprint density at radius 3 is 2.63 bits per heavy atom. The van der Waals surface area contributed by atoms with Crippen LogP contribution in [0, 0.1) is 5.92 Å². The van der Waals surface area contributed by atoms with Crippen molar-refractivity contribution >= 4 is 0 Å². The van der Waals surface area contributed by atoms with Crippen molar-refractivity contribution in [1.82, 2.24) is 5.32 Å². The van der Waals surface area contributed by atoms with E-state index >= 15 is 0 Å². The van der Waals surface area contributed by atoms with Crippen LogP contribution in [0.5, 0.6) is 0 Å². The van der Waals surface area contributed by atoms with Crippen molar-refractivity contribution in [2.75, 3.05) is 13.2 Å². The Labute approximate surface area is 116 Å². The number of hydrogen-bond acceptors (Lipinski definition) is 3. The zero-order valence-electron chi connectivity index (χ0n) is 11.9. The average Bonchev–Trinajstić information content (AvgIpc) is 2.88. The van der Waals surface area contributed by atoms with Crippen molar-refractivity contribution < 1.29 is 9.47 Å². The third kappa shape index (κ3) is 2.57. The predicted molar refractivity (Wildman–Crippen MR) is 74.2 cm³/mol. The van der Waals surface area contributed by atoms with Gasteiger partial charge in [-0.25, -0.2) is 0 Å². The van der Waals surface area contributed by atoms with E-state index in [1.807, 2.05) is 0 Å². The summed E-state index contributed by atoms with van der Waals surface area (Å²) < 4.78 is 12.3. The molecule has 1 spiro atoms. The summed E-state index contributed by atoms with van der Waals surface area (Å²) in [5.74, 6) is 0.852. The van der Waals surface area contributed by atoms with E-state index in [-0.39, 0.29) is 5.60 Å². The van der Waals surface area contributed by atoms with Crippen LogP contribution in [0.25, 0.3) is 0 Å². The second kappa shape index (κ2) is 5.01. The topological polar surface area (TPSA) is 30.5 Å². The van der Waals surface area contributed by atoms with Gasteiger partial charge < -0.3 is 14.8 Å². The first kappa shape index (κ1) is 12.6. The van der Waals surface area contributed by atoms with E-state index < -0.39 is 0 Å². The molecule has 3 nitrogen and oxygen atoms in total. The van der Waals surface area contributed by atoms with Crippen LogP contribution in [0.3, 0.4) is 0 Å². The van der Waals surface area contributed by atoms with Crippen molar-refractivity contribution in [2.45, 2.75) is 81.6 Å². The summed E-state index contributed by atoms with van der Waals surface area (Å²) in [4.78, 5) is 0. The molecule has 108 valence electrons. The van der Waals surface area contributed by atoms with E-state index in [0.29, 0.717) is 18.2 Å². The highest BCUT2D eigenvalue weighted by atomic mass is 16.5. The lowest BCUT2D eigenvalue weighted by Crippen LogP contribution is -2.42. The highest BCUT2D eigenvalue weighted by molar-refractivity contribution is 4.96. The fraction of sp³-hybridized carbons (Fsp3) is 1.00. The first-order valence-electron chi connectivity index (χ1n) is 8.38. The van der Waals surface area contributed by atoms with Gasteiger partial charge in [0, 0.05) is 19.2 Å². The molecule has 0 amide bonds. The van der Waals surface area contributed by atoms with Crippen molar-refractivity contribution in [3.05, 3.63) is 0 Å². The molecule has 4 rings (SSSR count). The quantitative estimate of drug-likeness (QED) is 0.847. The van der Waals surface area contributed by atoms with Crippen LogP contribution in [-0.2, 0) is 9.47 Å². The fourth-order valence-electron chi connectivity index (χ4n) is 4.43. The minimum Gasteiger partial charge on any atom is -0.376 e. The average molecular weight is 265 g/mol. The van der Waals surface area contributed by atoms with E-state index in [4.69, 9.17) is 9.47 Å². The Bertz CT molecular complexity index is 323. The highest BCUT2D eigenvalue weighted by Crippen LogP contribution is 2.43. The standard InChI is InChI=1S/C16H27NO2/c1-2-8-16(7-1)9-5-13(19-16)11-17-14-6-10-18-15(14)12-3-4-12/h12-15,17H,1-11H2. The predicted octanol–water partition coefficient (Wildman–Crippen LogP) is 2.64. The second-order valence-corrected chi connectivity index (χ2v) is 7.14. The van der Waals surface area contributed by atoms with Gasteiger partial charge in [0.15, 0.2) is 0 Å². The summed E-state index contributed by atoms with van der Waals surface area (Å²) in [6, 6.07) is 0.594. The Morgan fingerprint density at radius 2 is 1.84 bits per heavy atom. The van der Waals surface area contributed by atoms with E-state index in [1.54, 1.807) is 0 Å². The minimum atomic E-state index is 0.286. The molecule has 0 bridgehead atoms. The fourth-order valence-corrected chi connectivity index (χ4v) is 4.43. The molecule has 0 aromatic rings. The van der Waals surface area contributed by atoms with Crippen LogP contribution >= 0.6 is 0 Å². The summed E-state index contributed by atoms with van der Waals surface area (Å²) in [5.41, 5.74) is 0.286. The van der Waals surface area contributed by atoms with Gasteiger partial charge in [-0.3, -0.25) is 0 Å². The normalized spacial score (nSPS) is 41.4. The Kier molecular flexibility index (Phi) is 3.33. The minimum absolute atomic E-state index is 0.286. The van der Waals surface area contributed by atoms with Gasteiger partial charge in [0.2, 0.25) is 0 Å². The lowest BCUT2D eigenvalue weighted by molar-refractivity contribution is -0.0368. The van der Waals surface area contributed by atoms with Crippen LogP contribution in [0.1, 0.15) is 57.8 Å². The molecule has 0 radical (unpaired) electrons. The summed E-state index contributed by atoms with van der Waals surface area (Å²) in [7, 11) is 0. The van der Waals surface area contributed by atoms with E-state index in [0.717, 1.165) is 19.1 Å². The maximum atomic E-state index is 6.38. The van der Waals surface area contributed by atoms with E-state index in [2.05, 4.69) is 5.32 Å². The molecule has 3 unspecified atom stereocenters. The Morgan fingerprint density at radius 1 is 1.00 bits per heavy atom. The first-order chi connectivity index (χ1) is 9.35. The van der Waals surface area contributed by atoms with Gasteiger partial charge in [-0.15, -0.1) is 0 Å². The SMILES string of the molecule is C1CCC2(C1)CCC(CNC1CCOC1C1CC1)O2. The highest BCUT2D eigenvalue weighted by Gasteiger charge is 2.43. The number of rotatable bonds is 4. The molecular formula is C16H27NO2. The zero-order chi connectivity index (χ0) is 12.7. The molecule has 2 saturated carbocycles. The third-order valence-electron chi connectivity index (χ3n) is 5.68. The van der Waals surface area contributed by atoms with Gasteiger partial charge in [0.1, 0.15) is 0 Å². The molecule has 3 heteroatoms. The molecule has 2 aliphatic carbocycles. The van der Waals surface area contributed by atoms with E-state index in [1.165, 1.54) is 57.8 Å². The smallest absolute Gasteiger partial charge is 0.0756 e. The molecule has 0 aromatic carbocycles. The maximum Gasteiger partial charge on any atom is 0.0756 e. The van der Waals surface area contributed by atoms with Gasteiger partial charge in [0.25, 0.3) is 0 Å². The molecule has 2 aliphatic heterocycles. The lowest BCUT2D eigenvalue weighted by atomic mass is 9.98. The van der Waals surface area contributed by atoms with Crippen LogP contribution in [-0.4, -0.2) is 37.0 Å². The second-order valence-electron chi connectivity index (χ2n) is 7.14. The molecule has 19 heavy (non-hydrogen) atoms. The van der Waals surface area contributed by atoms with Crippen LogP contribution in [0.2, 0.25) is 0 Å². The van der Waals surface area contributed by atoms with Gasteiger partial charge in [-0.05, 0) is 50.9 Å². The monoisotopic (exact) mass is 265 g/mol. The van der Waals surface area contributed by atoms with Crippen molar-refractivity contribution in [2.24, 2.45) is 5.92 Å². The van der Waals surface area contributed by atoms with Crippen molar-refractivity contribution in [1.29, 1.82) is 0 Å². The number of nitrogens with one attached hydrogen (secondary N) is 1. The third-order valence-corrected chi connectivity index (χ3v) is 5.68.